The summed E-state index contributed by atoms with van der Waals surface area (Å²) in [5, 5.41) is 0. The van der Waals surface area contributed by atoms with Crippen molar-refractivity contribution in [3.8, 4) is 0 Å². The van der Waals surface area contributed by atoms with E-state index in [1.807, 2.05) is 0 Å². The molecule has 2 aliphatic heterocycles. The van der Waals surface area contributed by atoms with Crippen molar-refractivity contribution in [1.82, 2.24) is 0 Å². The van der Waals surface area contributed by atoms with Crippen LogP contribution < -0.4 is 0 Å². The first kappa shape index (κ1) is 24.7. The van der Waals surface area contributed by atoms with Crippen LogP contribution in [0.25, 0.3) is 0 Å². The Kier molecular flexibility index (Phi) is 7.23. The van der Waals surface area contributed by atoms with Crippen molar-refractivity contribution in [1.29, 1.82) is 0 Å². The third-order valence-electron chi connectivity index (χ3n) is 3.52. The molecule has 2 aliphatic rings. The molecule has 0 spiro atoms. The van der Waals surface area contributed by atoms with Crippen LogP contribution in [0.3, 0.4) is 0 Å². The number of ether oxygens (including phenoxy) is 3. The van der Waals surface area contributed by atoms with Gasteiger partial charge >= 0.3 is 15.6 Å². The van der Waals surface area contributed by atoms with Gasteiger partial charge in [0.25, 0.3) is 20.2 Å². The Morgan fingerprint density at radius 3 is 1.90 bits per heavy atom. The number of hydrogen-bond acceptors (Lipinski definition) is 12. The van der Waals surface area contributed by atoms with Gasteiger partial charge in [-0.1, -0.05) is 0 Å². The van der Waals surface area contributed by atoms with Crippen molar-refractivity contribution in [3.63, 3.8) is 0 Å². The maximum atomic E-state index is 12.8. The lowest BCUT2D eigenvalue weighted by Gasteiger charge is -2.25. The highest BCUT2D eigenvalue weighted by molar-refractivity contribution is 7.87. The smallest absolute Gasteiger partial charge is 0.361 e. The van der Waals surface area contributed by atoms with Gasteiger partial charge in [0.1, 0.15) is 24.4 Å². The Morgan fingerprint density at radius 2 is 1.45 bits per heavy atom. The zero-order valence-electron chi connectivity index (χ0n) is 14.8. The Hall–Kier alpha value is -0.600. The summed E-state index contributed by atoms with van der Waals surface area (Å²) in [5.41, 5.74) is -5.86. The van der Waals surface area contributed by atoms with Gasteiger partial charge in [-0.2, -0.15) is 38.4 Å². The van der Waals surface area contributed by atoms with Crippen LogP contribution in [0.15, 0.2) is 0 Å². The summed E-state index contributed by atoms with van der Waals surface area (Å²) in [6, 6.07) is 0. The molecule has 29 heavy (non-hydrogen) atoms. The van der Waals surface area contributed by atoms with Crippen LogP contribution in [0.2, 0.25) is 0 Å². The molecule has 2 heterocycles. The highest BCUT2D eigenvalue weighted by Crippen LogP contribution is 2.36. The molecule has 0 aromatic heterocycles. The molecule has 172 valence electrons. The van der Waals surface area contributed by atoms with E-state index in [0.29, 0.717) is 12.5 Å². The molecule has 2 fully saturated rings. The van der Waals surface area contributed by atoms with Crippen molar-refractivity contribution in [2.24, 2.45) is 0 Å². The quantitative estimate of drug-likeness (QED) is 0.290. The Labute approximate surface area is 164 Å². The van der Waals surface area contributed by atoms with E-state index in [4.69, 9.17) is 14.2 Å². The van der Waals surface area contributed by atoms with Gasteiger partial charge in [-0.25, -0.2) is 0 Å². The van der Waals surface area contributed by atoms with Gasteiger partial charge in [0.05, 0.1) is 32.3 Å². The van der Waals surface area contributed by atoms with Gasteiger partial charge < -0.3 is 14.2 Å². The number of alkyl halides is 3. The predicted molar refractivity (Wildman–Crippen MR) is 84.7 cm³/mol. The fraction of sp³-hybridized carbons (Fsp3) is 1.00. The second-order valence-corrected chi connectivity index (χ2v) is 10.8. The van der Waals surface area contributed by atoms with Crippen LogP contribution in [-0.2, 0) is 57.1 Å². The zero-order chi connectivity index (χ0) is 22.3. The van der Waals surface area contributed by atoms with Crippen LogP contribution in [0, 0.1) is 0 Å². The molecule has 0 amide bonds. The summed E-state index contributed by atoms with van der Waals surface area (Å²) < 4.78 is 136. The molecule has 0 N–H and O–H groups in total. The SMILES string of the molecule is CS(=O)(=O)OC[C@@H]1O[C@@H](C2OCCO2)[C@@H](OS(C)(=O)=O)[C@@H]1OS(=O)(=O)C(F)(F)F. The molecular formula is C11H17F3O12S3. The summed E-state index contributed by atoms with van der Waals surface area (Å²) in [4.78, 5) is 0. The maximum absolute atomic E-state index is 12.8. The molecule has 12 nitrogen and oxygen atoms in total. The number of halogens is 3. The minimum absolute atomic E-state index is 0.0208. The first-order valence-corrected chi connectivity index (χ1v) is 12.7. The van der Waals surface area contributed by atoms with E-state index < -0.39 is 73.2 Å². The predicted octanol–water partition coefficient (Wildman–Crippen LogP) is -1.32. The van der Waals surface area contributed by atoms with Crippen molar-refractivity contribution in [2.75, 3.05) is 32.3 Å². The van der Waals surface area contributed by atoms with Crippen LogP contribution in [0.5, 0.6) is 0 Å². The molecule has 2 rings (SSSR count). The first-order valence-electron chi connectivity index (χ1n) is 7.61. The fourth-order valence-electron chi connectivity index (χ4n) is 2.49. The molecule has 0 unspecified atom stereocenters. The van der Waals surface area contributed by atoms with Crippen molar-refractivity contribution in [2.45, 2.75) is 36.2 Å². The standard InChI is InChI=1S/C11H17F3O12S3/c1-27(15,16)23-5-6-7(26-29(19,20)11(12,13)14)8(25-28(2,17)18)9(24-6)10-21-3-4-22-10/h6-10H,3-5H2,1-2H3/t6-,7+,8-,9+/m0/s1. The first-order chi connectivity index (χ1) is 13.0. The van der Waals surface area contributed by atoms with Crippen LogP contribution >= 0.6 is 0 Å². The topological polar surface area (TPSA) is 158 Å². The fourth-order valence-corrected chi connectivity index (χ4v) is 4.13. The van der Waals surface area contributed by atoms with Crippen molar-refractivity contribution < 1.29 is 65.2 Å². The van der Waals surface area contributed by atoms with Crippen LogP contribution in [0.4, 0.5) is 13.2 Å². The molecule has 0 aromatic carbocycles. The number of hydrogen-bond donors (Lipinski definition) is 0. The lowest BCUT2D eigenvalue weighted by molar-refractivity contribution is -0.156. The van der Waals surface area contributed by atoms with Crippen LogP contribution in [0.1, 0.15) is 0 Å². The van der Waals surface area contributed by atoms with E-state index in [1.165, 1.54) is 0 Å². The van der Waals surface area contributed by atoms with E-state index in [2.05, 4.69) is 12.5 Å². The minimum Gasteiger partial charge on any atom is -0.361 e. The lowest BCUT2D eigenvalue weighted by Crippen LogP contribution is -2.46. The van der Waals surface area contributed by atoms with Gasteiger partial charge in [-0.3, -0.25) is 12.5 Å². The summed E-state index contributed by atoms with van der Waals surface area (Å²) >= 11 is 0. The molecule has 4 atom stereocenters. The molecular weight excluding hydrogens is 477 g/mol. The largest absolute Gasteiger partial charge is 0.523 e. The molecule has 0 saturated carbocycles. The molecule has 2 saturated heterocycles. The number of rotatable bonds is 8. The third kappa shape index (κ3) is 6.69. The average molecular weight is 494 g/mol. The van der Waals surface area contributed by atoms with Gasteiger partial charge in [-0.05, 0) is 0 Å². The van der Waals surface area contributed by atoms with Crippen molar-refractivity contribution >= 4 is 30.4 Å². The van der Waals surface area contributed by atoms with Gasteiger partial charge in [0, 0.05) is 0 Å². The third-order valence-corrected chi connectivity index (χ3v) is 5.69. The average Bonchev–Trinajstić information content (AvgIpc) is 3.11. The summed E-state index contributed by atoms with van der Waals surface area (Å²) in [5.74, 6) is 0. The van der Waals surface area contributed by atoms with Crippen LogP contribution in [-0.4, -0.2) is 93.8 Å². The van der Waals surface area contributed by atoms with Crippen molar-refractivity contribution in [3.05, 3.63) is 0 Å². The lowest BCUT2D eigenvalue weighted by atomic mass is 10.1. The van der Waals surface area contributed by atoms with E-state index in [9.17, 15) is 38.4 Å². The molecule has 0 aromatic rings. The molecule has 0 radical (unpaired) electrons. The second kappa shape index (κ2) is 8.50. The normalized spacial score (nSPS) is 30.1. The minimum atomic E-state index is -6.24. The second-order valence-electron chi connectivity index (χ2n) is 5.96. The highest BCUT2D eigenvalue weighted by atomic mass is 32.2. The highest BCUT2D eigenvalue weighted by Gasteiger charge is 2.58. The van der Waals surface area contributed by atoms with E-state index in [0.717, 1.165) is 0 Å². The van der Waals surface area contributed by atoms with E-state index in [1.54, 1.807) is 0 Å². The summed E-state index contributed by atoms with van der Waals surface area (Å²) in [6.45, 7) is -0.955. The van der Waals surface area contributed by atoms with E-state index in [-0.39, 0.29) is 13.2 Å². The van der Waals surface area contributed by atoms with E-state index >= 15 is 0 Å². The van der Waals surface area contributed by atoms with Gasteiger partial charge in [-0.15, -0.1) is 0 Å². The summed E-state index contributed by atoms with van der Waals surface area (Å²) in [7, 11) is -14.7. The molecule has 18 heteroatoms. The van der Waals surface area contributed by atoms with Gasteiger partial charge in [0.15, 0.2) is 6.29 Å². The Morgan fingerprint density at radius 1 is 0.897 bits per heavy atom. The monoisotopic (exact) mass is 494 g/mol. The Balaban J connectivity index is 2.41. The molecule has 0 bridgehead atoms. The zero-order valence-corrected chi connectivity index (χ0v) is 17.2. The Bertz CT molecular complexity index is 891. The van der Waals surface area contributed by atoms with Gasteiger partial charge in [0.2, 0.25) is 0 Å². The maximum Gasteiger partial charge on any atom is 0.523 e. The molecule has 0 aliphatic carbocycles. The summed E-state index contributed by atoms with van der Waals surface area (Å²) in [6.07, 6.45) is -7.79.